The van der Waals surface area contributed by atoms with Crippen LogP contribution in [0.5, 0.6) is 0 Å². The lowest BCUT2D eigenvalue weighted by atomic mass is 10.3. The molecule has 1 aromatic carbocycles. The summed E-state index contributed by atoms with van der Waals surface area (Å²) in [6.07, 6.45) is 0. The molecule has 112 valence electrons. The quantitative estimate of drug-likeness (QED) is 0.786. The predicted molar refractivity (Wildman–Crippen MR) is 86.7 cm³/mol. The molecule has 2 aromatic heterocycles. The van der Waals surface area contributed by atoms with E-state index >= 15 is 0 Å². The van der Waals surface area contributed by atoms with Gasteiger partial charge in [-0.1, -0.05) is 35.1 Å². The number of rotatable bonds is 3. The van der Waals surface area contributed by atoms with E-state index in [4.69, 9.17) is 16.7 Å². The standard InChI is InChI=1S/C14H9ClN2O3S2/c15-11-6-5-10(21-11)13(20)16-14-17(7-12(18)19)8-3-1-2-4-9(8)22-14/h1-6H,7H2,(H,18,19)/b16-14+. The maximum Gasteiger partial charge on any atom is 0.323 e. The third-order valence-electron chi connectivity index (χ3n) is 2.86. The Balaban J connectivity index is 2.14. The van der Waals surface area contributed by atoms with Gasteiger partial charge in [-0.3, -0.25) is 9.59 Å². The average molecular weight is 353 g/mol. The van der Waals surface area contributed by atoms with Crippen LogP contribution in [0.4, 0.5) is 0 Å². The second kappa shape index (κ2) is 6.04. The fourth-order valence-corrected chi connectivity index (χ4v) is 3.92. The van der Waals surface area contributed by atoms with Crippen molar-refractivity contribution in [2.75, 3.05) is 0 Å². The molecule has 0 saturated heterocycles. The number of carboxylic acid groups (broad SMARTS) is 1. The van der Waals surface area contributed by atoms with Crippen molar-refractivity contribution in [3.05, 3.63) is 50.4 Å². The van der Waals surface area contributed by atoms with Crippen molar-refractivity contribution in [1.82, 2.24) is 4.57 Å². The van der Waals surface area contributed by atoms with Gasteiger partial charge in [-0.05, 0) is 24.3 Å². The van der Waals surface area contributed by atoms with E-state index in [-0.39, 0.29) is 6.54 Å². The van der Waals surface area contributed by atoms with Gasteiger partial charge in [0.15, 0.2) is 4.80 Å². The largest absolute Gasteiger partial charge is 0.480 e. The SMILES string of the molecule is O=C(O)Cn1/c(=N\C(=O)c2ccc(Cl)s2)sc2ccccc21. The van der Waals surface area contributed by atoms with E-state index in [0.29, 0.717) is 14.0 Å². The number of nitrogens with zero attached hydrogens (tertiary/aromatic N) is 2. The highest BCUT2D eigenvalue weighted by Gasteiger charge is 2.12. The molecule has 0 aliphatic heterocycles. The monoisotopic (exact) mass is 352 g/mol. The van der Waals surface area contributed by atoms with E-state index in [1.807, 2.05) is 18.2 Å². The van der Waals surface area contributed by atoms with Crippen LogP contribution in [0.1, 0.15) is 9.67 Å². The number of hydrogen-bond donors (Lipinski definition) is 1. The summed E-state index contributed by atoms with van der Waals surface area (Å²) in [6, 6.07) is 10.6. The number of amides is 1. The van der Waals surface area contributed by atoms with Crippen LogP contribution in [0.15, 0.2) is 41.4 Å². The van der Waals surface area contributed by atoms with E-state index in [1.54, 1.807) is 18.2 Å². The highest BCUT2D eigenvalue weighted by Crippen LogP contribution is 2.22. The van der Waals surface area contributed by atoms with E-state index in [0.717, 1.165) is 21.6 Å². The molecule has 0 unspecified atom stereocenters. The first-order chi connectivity index (χ1) is 10.5. The Labute approximate surface area is 137 Å². The summed E-state index contributed by atoms with van der Waals surface area (Å²) in [4.78, 5) is 28.1. The number of carbonyl (C=O) groups is 2. The first-order valence-electron chi connectivity index (χ1n) is 6.19. The molecule has 8 heteroatoms. The van der Waals surface area contributed by atoms with Crippen molar-refractivity contribution < 1.29 is 14.7 Å². The minimum Gasteiger partial charge on any atom is -0.480 e. The maximum atomic E-state index is 12.2. The second-order valence-corrected chi connectivity index (χ2v) is 7.08. The maximum absolute atomic E-state index is 12.2. The number of carbonyl (C=O) groups excluding carboxylic acids is 1. The number of carboxylic acids is 1. The zero-order valence-corrected chi connectivity index (χ0v) is 13.4. The molecular weight excluding hydrogens is 344 g/mol. The van der Waals surface area contributed by atoms with Crippen LogP contribution in [0.25, 0.3) is 10.2 Å². The van der Waals surface area contributed by atoms with Crippen molar-refractivity contribution >= 4 is 56.4 Å². The Bertz CT molecular complexity index is 939. The summed E-state index contributed by atoms with van der Waals surface area (Å²) < 4.78 is 2.91. The van der Waals surface area contributed by atoms with E-state index < -0.39 is 11.9 Å². The Kier molecular flexibility index (Phi) is 4.10. The zero-order chi connectivity index (χ0) is 15.7. The summed E-state index contributed by atoms with van der Waals surface area (Å²) in [6.45, 7) is -0.249. The van der Waals surface area contributed by atoms with Gasteiger partial charge < -0.3 is 9.67 Å². The Morgan fingerprint density at radius 3 is 2.64 bits per heavy atom. The molecule has 0 spiro atoms. The van der Waals surface area contributed by atoms with Crippen LogP contribution >= 0.6 is 34.3 Å². The van der Waals surface area contributed by atoms with Gasteiger partial charge in [0, 0.05) is 0 Å². The lowest BCUT2D eigenvalue weighted by Gasteiger charge is -2.00. The van der Waals surface area contributed by atoms with Crippen LogP contribution in [0.2, 0.25) is 4.34 Å². The van der Waals surface area contributed by atoms with Crippen molar-refractivity contribution in [2.24, 2.45) is 4.99 Å². The molecule has 0 bridgehead atoms. The van der Waals surface area contributed by atoms with Crippen LogP contribution in [-0.4, -0.2) is 21.6 Å². The number of aliphatic carboxylic acids is 1. The van der Waals surface area contributed by atoms with Gasteiger partial charge in [-0.25, -0.2) is 0 Å². The fraction of sp³-hybridized carbons (Fsp3) is 0.0714. The van der Waals surface area contributed by atoms with Gasteiger partial charge in [0.2, 0.25) is 0 Å². The van der Waals surface area contributed by atoms with E-state index in [2.05, 4.69) is 4.99 Å². The van der Waals surface area contributed by atoms with Gasteiger partial charge in [0.1, 0.15) is 6.54 Å². The van der Waals surface area contributed by atoms with Crippen LogP contribution in [0, 0.1) is 0 Å². The third kappa shape index (κ3) is 2.96. The molecule has 3 rings (SSSR count). The first-order valence-corrected chi connectivity index (χ1v) is 8.20. The second-order valence-electron chi connectivity index (χ2n) is 4.35. The minimum atomic E-state index is -0.989. The van der Waals surface area contributed by atoms with Crippen molar-refractivity contribution in [1.29, 1.82) is 0 Å². The summed E-state index contributed by atoms with van der Waals surface area (Å²) in [5.74, 6) is -1.42. The summed E-state index contributed by atoms with van der Waals surface area (Å²) in [5, 5.41) is 9.07. The number of hydrogen-bond acceptors (Lipinski definition) is 4. The number of para-hydroxylation sites is 1. The van der Waals surface area contributed by atoms with E-state index in [1.165, 1.54) is 15.9 Å². The number of halogens is 1. The third-order valence-corrected chi connectivity index (χ3v) is 5.14. The van der Waals surface area contributed by atoms with Gasteiger partial charge in [0.25, 0.3) is 5.91 Å². The summed E-state index contributed by atoms with van der Waals surface area (Å²) in [7, 11) is 0. The molecular formula is C14H9ClN2O3S2. The average Bonchev–Trinajstić information content (AvgIpc) is 3.04. The molecule has 0 atom stereocenters. The van der Waals surface area contributed by atoms with Gasteiger partial charge in [0.05, 0.1) is 19.4 Å². The molecule has 0 saturated carbocycles. The number of thiazole rings is 1. The zero-order valence-electron chi connectivity index (χ0n) is 11.0. The lowest BCUT2D eigenvalue weighted by Crippen LogP contribution is -2.21. The smallest absolute Gasteiger partial charge is 0.323 e. The lowest BCUT2D eigenvalue weighted by molar-refractivity contribution is -0.137. The summed E-state index contributed by atoms with van der Waals surface area (Å²) in [5.41, 5.74) is 0.741. The number of thiophene rings is 1. The first kappa shape index (κ1) is 15.0. The number of fused-ring (bicyclic) bond motifs is 1. The highest BCUT2D eigenvalue weighted by molar-refractivity contribution is 7.18. The minimum absolute atomic E-state index is 0.249. The molecule has 3 aromatic rings. The molecule has 0 aliphatic rings. The number of aromatic nitrogens is 1. The Hall–Kier alpha value is -1.96. The van der Waals surface area contributed by atoms with Gasteiger partial charge in [-0.15, -0.1) is 11.3 Å². The van der Waals surface area contributed by atoms with Gasteiger partial charge >= 0.3 is 5.97 Å². The predicted octanol–water partition coefficient (Wildman–Crippen LogP) is 3.24. The van der Waals surface area contributed by atoms with Crippen molar-refractivity contribution in [2.45, 2.75) is 6.54 Å². The van der Waals surface area contributed by atoms with E-state index in [9.17, 15) is 9.59 Å². The topological polar surface area (TPSA) is 71.7 Å². The van der Waals surface area contributed by atoms with Gasteiger partial charge in [-0.2, -0.15) is 4.99 Å². The molecule has 1 amide bonds. The molecule has 5 nitrogen and oxygen atoms in total. The molecule has 22 heavy (non-hydrogen) atoms. The van der Waals surface area contributed by atoms with Crippen molar-refractivity contribution in [3.8, 4) is 0 Å². The fourth-order valence-electron chi connectivity index (χ4n) is 1.97. The highest BCUT2D eigenvalue weighted by atomic mass is 35.5. The normalized spacial score (nSPS) is 12.0. The Morgan fingerprint density at radius 1 is 1.18 bits per heavy atom. The summed E-state index contributed by atoms with van der Waals surface area (Å²) >= 11 is 8.24. The van der Waals surface area contributed by atoms with Crippen LogP contribution in [0.3, 0.4) is 0 Å². The molecule has 0 aliphatic carbocycles. The molecule has 0 fully saturated rings. The Morgan fingerprint density at radius 2 is 1.95 bits per heavy atom. The van der Waals surface area contributed by atoms with Crippen LogP contribution < -0.4 is 4.80 Å². The van der Waals surface area contributed by atoms with Crippen LogP contribution in [-0.2, 0) is 11.3 Å². The molecule has 0 radical (unpaired) electrons. The molecule has 1 N–H and O–H groups in total. The van der Waals surface area contributed by atoms with Crippen molar-refractivity contribution in [3.63, 3.8) is 0 Å². The number of benzene rings is 1. The molecule has 2 heterocycles.